The number of hydrogen-bond acceptors (Lipinski definition) is 4. The second kappa shape index (κ2) is 6.53. The predicted molar refractivity (Wildman–Crippen MR) is 73.3 cm³/mol. The first kappa shape index (κ1) is 14.5. The number of carbonyl (C=O) groups is 2. The van der Waals surface area contributed by atoms with Crippen LogP contribution in [-0.2, 0) is 14.3 Å². The normalized spacial score (nSPS) is 15.0. The fourth-order valence-corrected chi connectivity index (χ4v) is 1.95. The predicted octanol–water partition coefficient (Wildman–Crippen LogP) is 0.964. The fourth-order valence-electron chi connectivity index (χ4n) is 1.78. The van der Waals surface area contributed by atoms with Gasteiger partial charge < -0.3 is 9.84 Å². The van der Waals surface area contributed by atoms with Crippen molar-refractivity contribution < 1.29 is 19.4 Å². The second-order valence-corrected chi connectivity index (χ2v) is 4.49. The van der Waals surface area contributed by atoms with E-state index in [2.05, 4.69) is 11.8 Å². The summed E-state index contributed by atoms with van der Waals surface area (Å²) in [6, 6.07) is 4.74. The third kappa shape index (κ3) is 3.17. The molecule has 1 aromatic rings. The highest BCUT2D eigenvalue weighted by Gasteiger charge is 2.29. The van der Waals surface area contributed by atoms with Gasteiger partial charge in [0, 0.05) is 11.4 Å². The van der Waals surface area contributed by atoms with Crippen LogP contribution in [-0.4, -0.2) is 36.7 Å². The van der Waals surface area contributed by atoms with E-state index in [1.165, 1.54) is 0 Å². The van der Waals surface area contributed by atoms with Crippen LogP contribution in [0, 0.1) is 11.8 Å². The molecule has 1 aliphatic rings. The molecule has 1 N–H and O–H groups in total. The molecule has 0 unspecified atom stereocenters. The average molecular weight is 294 g/mol. The van der Waals surface area contributed by atoms with Gasteiger partial charge in [0.15, 0.2) is 0 Å². The Labute approximate surface area is 121 Å². The lowest BCUT2D eigenvalue weighted by molar-refractivity contribution is -0.138. The lowest BCUT2D eigenvalue weighted by Gasteiger charge is -2.25. The summed E-state index contributed by atoms with van der Waals surface area (Å²) < 4.78 is 4.87. The number of morpholine rings is 1. The molecule has 0 aromatic heterocycles. The van der Waals surface area contributed by atoms with Crippen LogP contribution in [0.4, 0.5) is 5.69 Å². The molecule has 1 fully saturated rings. The number of hydrogen-bond donors (Lipinski definition) is 1. The highest BCUT2D eigenvalue weighted by atomic mass is 35.5. The van der Waals surface area contributed by atoms with Crippen LogP contribution in [0.5, 0.6) is 0 Å². The standard InChI is InChI=1S/C14H12ClNO4/c15-11-4-5-12(10(7-11)3-1-2-6-17)16-13(18)8-20-9-14(16)19/h4-5,7,17H,2,6,8-9H2. The number of aliphatic hydroxyl groups excluding tert-OH is 1. The molecule has 1 aliphatic heterocycles. The van der Waals surface area contributed by atoms with E-state index >= 15 is 0 Å². The van der Waals surface area contributed by atoms with E-state index in [1.807, 2.05) is 0 Å². The lowest BCUT2D eigenvalue weighted by Crippen LogP contribution is -2.46. The number of imide groups is 1. The fraction of sp³-hybridized carbons (Fsp3) is 0.286. The Hall–Kier alpha value is -1.87. The molecule has 0 saturated carbocycles. The van der Waals surface area contributed by atoms with E-state index in [1.54, 1.807) is 18.2 Å². The molecule has 2 rings (SSSR count). The second-order valence-electron chi connectivity index (χ2n) is 4.05. The van der Waals surface area contributed by atoms with Crippen molar-refractivity contribution in [2.75, 3.05) is 24.7 Å². The molecule has 1 saturated heterocycles. The van der Waals surface area contributed by atoms with Gasteiger partial charge >= 0.3 is 0 Å². The van der Waals surface area contributed by atoms with Crippen LogP contribution >= 0.6 is 11.6 Å². The van der Waals surface area contributed by atoms with Crippen LogP contribution in [0.2, 0.25) is 5.02 Å². The molecule has 1 heterocycles. The number of halogens is 1. The van der Waals surface area contributed by atoms with Gasteiger partial charge in [-0.1, -0.05) is 23.4 Å². The molecule has 1 aromatic carbocycles. The summed E-state index contributed by atoms with van der Waals surface area (Å²) in [4.78, 5) is 24.7. The zero-order chi connectivity index (χ0) is 14.5. The molecule has 0 atom stereocenters. The summed E-state index contributed by atoms with van der Waals surface area (Å²) in [6.07, 6.45) is 0.303. The van der Waals surface area contributed by atoms with Crippen molar-refractivity contribution in [3.8, 4) is 11.8 Å². The maximum Gasteiger partial charge on any atom is 0.259 e. The summed E-state index contributed by atoms with van der Waals surface area (Å²) in [6.45, 7) is -0.339. The third-order valence-corrected chi connectivity index (χ3v) is 2.84. The van der Waals surface area contributed by atoms with Gasteiger partial charge in [0.2, 0.25) is 0 Å². The topological polar surface area (TPSA) is 66.8 Å². The van der Waals surface area contributed by atoms with Gasteiger partial charge in [0.05, 0.1) is 17.9 Å². The molecule has 0 bridgehead atoms. The maximum absolute atomic E-state index is 11.8. The smallest absolute Gasteiger partial charge is 0.259 e. The summed E-state index contributed by atoms with van der Waals surface area (Å²) in [5, 5.41) is 9.19. The van der Waals surface area contributed by atoms with Gasteiger partial charge in [0.1, 0.15) is 13.2 Å². The van der Waals surface area contributed by atoms with E-state index in [4.69, 9.17) is 21.4 Å². The lowest BCUT2D eigenvalue weighted by atomic mass is 10.1. The minimum absolute atomic E-state index is 0.0572. The Morgan fingerprint density at radius 1 is 1.30 bits per heavy atom. The van der Waals surface area contributed by atoms with Crippen molar-refractivity contribution in [1.82, 2.24) is 0 Å². The third-order valence-electron chi connectivity index (χ3n) is 2.61. The van der Waals surface area contributed by atoms with Crippen molar-refractivity contribution >= 4 is 29.1 Å². The molecule has 20 heavy (non-hydrogen) atoms. The van der Waals surface area contributed by atoms with E-state index in [0.29, 0.717) is 22.7 Å². The monoisotopic (exact) mass is 293 g/mol. The number of ether oxygens (including phenoxy) is 1. The Bertz CT molecular complexity index is 587. The SMILES string of the molecule is O=C1COCC(=O)N1c1ccc(Cl)cc1C#CCCO. The Kier molecular flexibility index (Phi) is 4.74. The minimum Gasteiger partial charge on any atom is -0.395 e. The van der Waals surface area contributed by atoms with Crippen molar-refractivity contribution in [1.29, 1.82) is 0 Å². The number of rotatable bonds is 2. The van der Waals surface area contributed by atoms with Crippen molar-refractivity contribution in [2.24, 2.45) is 0 Å². The first-order chi connectivity index (χ1) is 9.63. The van der Waals surface area contributed by atoms with Gasteiger partial charge in [-0.05, 0) is 18.2 Å². The minimum atomic E-state index is -0.436. The molecular formula is C14H12ClNO4. The Morgan fingerprint density at radius 3 is 2.65 bits per heavy atom. The van der Waals surface area contributed by atoms with E-state index < -0.39 is 11.8 Å². The molecule has 0 aliphatic carbocycles. The van der Waals surface area contributed by atoms with Gasteiger partial charge in [0.25, 0.3) is 11.8 Å². The zero-order valence-corrected chi connectivity index (χ0v) is 11.3. The summed E-state index contributed by atoms with van der Waals surface area (Å²) in [7, 11) is 0. The summed E-state index contributed by atoms with van der Waals surface area (Å²) in [5.74, 6) is 4.69. The number of nitrogens with zero attached hydrogens (tertiary/aromatic N) is 1. The maximum atomic E-state index is 11.8. The Balaban J connectivity index is 2.42. The van der Waals surface area contributed by atoms with E-state index in [0.717, 1.165) is 4.90 Å². The highest BCUT2D eigenvalue weighted by Crippen LogP contribution is 2.25. The summed E-state index contributed by atoms with van der Waals surface area (Å²) in [5.41, 5.74) is 0.854. The average Bonchev–Trinajstić information content (AvgIpc) is 2.41. The Morgan fingerprint density at radius 2 is 2.00 bits per heavy atom. The largest absolute Gasteiger partial charge is 0.395 e. The molecule has 0 spiro atoms. The first-order valence-electron chi connectivity index (χ1n) is 5.96. The first-order valence-corrected chi connectivity index (χ1v) is 6.34. The van der Waals surface area contributed by atoms with Crippen molar-refractivity contribution in [2.45, 2.75) is 6.42 Å². The number of anilines is 1. The van der Waals surface area contributed by atoms with Crippen LogP contribution in [0.3, 0.4) is 0 Å². The van der Waals surface area contributed by atoms with Crippen LogP contribution in [0.15, 0.2) is 18.2 Å². The van der Waals surface area contributed by atoms with Gasteiger partial charge in [-0.2, -0.15) is 0 Å². The molecule has 2 amide bonds. The van der Waals surface area contributed by atoms with Crippen molar-refractivity contribution in [3.63, 3.8) is 0 Å². The molecule has 5 nitrogen and oxygen atoms in total. The zero-order valence-electron chi connectivity index (χ0n) is 10.6. The van der Waals surface area contributed by atoms with Crippen LogP contribution < -0.4 is 4.90 Å². The van der Waals surface area contributed by atoms with E-state index in [9.17, 15) is 9.59 Å². The quantitative estimate of drug-likeness (QED) is 0.651. The molecule has 6 heteroatoms. The number of benzene rings is 1. The molecule has 0 radical (unpaired) electrons. The van der Waals surface area contributed by atoms with E-state index in [-0.39, 0.29) is 19.8 Å². The van der Waals surface area contributed by atoms with Crippen molar-refractivity contribution in [3.05, 3.63) is 28.8 Å². The molecule has 104 valence electrons. The number of amides is 2. The number of carbonyl (C=O) groups excluding carboxylic acids is 2. The van der Waals surface area contributed by atoms with Gasteiger partial charge in [-0.3, -0.25) is 9.59 Å². The van der Waals surface area contributed by atoms with Crippen LogP contribution in [0.1, 0.15) is 12.0 Å². The van der Waals surface area contributed by atoms with Gasteiger partial charge in [-0.15, -0.1) is 0 Å². The molecular weight excluding hydrogens is 282 g/mol. The summed E-state index contributed by atoms with van der Waals surface area (Å²) >= 11 is 5.91. The highest BCUT2D eigenvalue weighted by molar-refractivity contribution is 6.31. The number of aliphatic hydroxyl groups is 1. The van der Waals surface area contributed by atoms with Crippen LogP contribution in [0.25, 0.3) is 0 Å². The van der Waals surface area contributed by atoms with Gasteiger partial charge in [-0.25, -0.2) is 4.90 Å².